The molecule has 0 bridgehead atoms. The Morgan fingerprint density at radius 1 is 1.13 bits per heavy atom. The molecule has 2 aromatic heterocycles. The fraction of sp³-hybridized carbons (Fsp3) is 0.524. The molecule has 3 aromatic rings. The Morgan fingerprint density at radius 3 is 2.55 bits per heavy atom. The van der Waals surface area contributed by atoms with E-state index < -0.39 is 0 Å². The Kier molecular flexibility index (Phi) is 6.57. The van der Waals surface area contributed by atoms with Gasteiger partial charge in [0.25, 0.3) is 5.89 Å². The summed E-state index contributed by atoms with van der Waals surface area (Å²) in [6.07, 6.45) is 3.19. The topological polar surface area (TPSA) is 90.3 Å². The van der Waals surface area contributed by atoms with Gasteiger partial charge >= 0.3 is 6.01 Å². The lowest BCUT2D eigenvalue weighted by Crippen LogP contribution is -2.37. The van der Waals surface area contributed by atoms with Gasteiger partial charge in [-0.2, -0.15) is 9.97 Å². The Morgan fingerprint density at radius 2 is 1.90 bits per heavy atom. The number of hydrogen-bond acceptors (Lipinski definition) is 9. The van der Waals surface area contributed by atoms with Gasteiger partial charge in [-0.05, 0) is 44.2 Å². The highest BCUT2D eigenvalue weighted by Crippen LogP contribution is 2.28. The zero-order chi connectivity index (χ0) is 22.0. The number of benzene rings is 1. The van der Waals surface area contributed by atoms with Gasteiger partial charge in [-0.25, -0.2) is 4.39 Å². The van der Waals surface area contributed by atoms with E-state index in [2.05, 4.69) is 25.2 Å². The second kappa shape index (κ2) is 9.35. The maximum atomic E-state index is 14.1. The van der Waals surface area contributed by atoms with Gasteiger partial charge in [0.1, 0.15) is 11.9 Å². The zero-order valence-electron chi connectivity index (χ0n) is 18.0. The molecule has 4 rings (SSSR count). The van der Waals surface area contributed by atoms with Gasteiger partial charge in [-0.15, -0.1) is 11.8 Å². The Bertz CT molecular complexity index is 1020. The number of halogens is 1. The molecule has 0 spiro atoms. The lowest BCUT2D eigenvalue weighted by Gasteiger charge is -2.31. The third-order valence-electron chi connectivity index (χ3n) is 5.26. The SMILES string of the molecule is CSc1ccc(-c2noc([C@@H](C)OC3CCN(c4nc(C(C)C)no4)CC3)n2)cc1F. The number of rotatable bonds is 7. The minimum absolute atomic E-state index is 0.0624. The predicted molar refractivity (Wildman–Crippen MR) is 115 cm³/mol. The first-order chi connectivity index (χ1) is 14.9. The normalized spacial score (nSPS) is 16.3. The molecule has 3 heterocycles. The largest absolute Gasteiger partial charge is 0.365 e. The van der Waals surface area contributed by atoms with E-state index in [0.29, 0.717) is 28.2 Å². The first-order valence-electron chi connectivity index (χ1n) is 10.4. The van der Waals surface area contributed by atoms with Crippen LogP contribution in [0.4, 0.5) is 10.4 Å². The Hall–Kier alpha value is -2.46. The van der Waals surface area contributed by atoms with E-state index in [1.807, 2.05) is 27.0 Å². The van der Waals surface area contributed by atoms with Gasteiger partial charge in [0.15, 0.2) is 5.82 Å². The minimum Gasteiger partial charge on any atom is -0.365 e. The summed E-state index contributed by atoms with van der Waals surface area (Å²) in [7, 11) is 0. The Balaban J connectivity index is 1.33. The molecular formula is C21H26FN5O3S. The molecular weight excluding hydrogens is 421 g/mol. The van der Waals surface area contributed by atoms with Crippen molar-refractivity contribution in [2.24, 2.45) is 0 Å². The molecule has 1 aromatic carbocycles. The van der Waals surface area contributed by atoms with Crippen LogP contribution in [0, 0.1) is 5.82 Å². The van der Waals surface area contributed by atoms with E-state index in [0.717, 1.165) is 31.8 Å². The highest BCUT2D eigenvalue weighted by atomic mass is 32.2. The van der Waals surface area contributed by atoms with E-state index in [4.69, 9.17) is 13.8 Å². The lowest BCUT2D eigenvalue weighted by atomic mass is 10.1. The van der Waals surface area contributed by atoms with Crippen LogP contribution in [-0.2, 0) is 4.74 Å². The first-order valence-corrected chi connectivity index (χ1v) is 11.6. The lowest BCUT2D eigenvalue weighted by molar-refractivity contribution is -0.0303. The molecule has 8 nitrogen and oxygen atoms in total. The third-order valence-corrected chi connectivity index (χ3v) is 6.03. The van der Waals surface area contributed by atoms with Gasteiger partial charge < -0.3 is 18.7 Å². The number of nitrogens with zero attached hydrogens (tertiary/aromatic N) is 5. The van der Waals surface area contributed by atoms with Crippen molar-refractivity contribution in [1.29, 1.82) is 0 Å². The summed E-state index contributed by atoms with van der Waals surface area (Å²) in [5.74, 6) is 1.39. The van der Waals surface area contributed by atoms with E-state index in [-0.39, 0.29) is 23.9 Å². The number of thioether (sulfide) groups is 1. The first kappa shape index (κ1) is 21.8. The van der Waals surface area contributed by atoms with Crippen molar-refractivity contribution in [1.82, 2.24) is 20.3 Å². The van der Waals surface area contributed by atoms with Crippen LogP contribution in [0.25, 0.3) is 11.4 Å². The van der Waals surface area contributed by atoms with Gasteiger partial charge in [0.2, 0.25) is 5.82 Å². The van der Waals surface area contributed by atoms with Crippen molar-refractivity contribution in [3.63, 3.8) is 0 Å². The van der Waals surface area contributed by atoms with Crippen LogP contribution < -0.4 is 4.90 Å². The molecule has 0 unspecified atom stereocenters. The molecule has 1 saturated heterocycles. The summed E-state index contributed by atoms with van der Waals surface area (Å²) in [5, 5.41) is 8.02. The van der Waals surface area contributed by atoms with Gasteiger partial charge in [-0.3, -0.25) is 0 Å². The van der Waals surface area contributed by atoms with Crippen LogP contribution in [0.3, 0.4) is 0 Å². The fourth-order valence-electron chi connectivity index (χ4n) is 3.44. The van der Waals surface area contributed by atoms with Gasteiger partial charge in [0, 0.05) is 29.5 Å². The molecule has 0 N–H and O–H groups in total. The van der Waals surface area contributed by atoms with Crippen molar-refractivity contribution >= 4 is 17.8 Å². The van der Waals surface area contributed by atoms with Crippen molar-refractivity contribution < 1.29 is 18.2 Å². The van der Waals surface area contributed by atoms with Crippen LogP contribution in [0.5, 0.6) is 0 Å². The molecule has 10 heteroatoms. The molecule has 1 aliphatic rings. The van der Waals surface area contributed by atoms with Crippen molar-refractivity contribution in [3.8, 4) is 11.4 Å². The number of piperidine rings is 1. The zero-order valence-corrected chi connectivity index (χ0v) is 18.9. The van der Waals surface area contributed by atoms with E-state index in [1.54, 1.807) is 12.1 Å². The molecule has 166 valence electrons. The van der Waals surface area contributed by atoms with Crippen LogP contribution in [0.15, 0.2) is 32.1 Å². The molecule has 1 aliphatic heterocycles. The second-order valence-electron chi connectivity index (χ2n) is 7.86. The highest BCUT2D eigenvalue weighted by Gasteiger charge is 2.27. The highest BCUT2D eigenvalue weighted by molar-refractivity contribution is 7.98. The molecule has 0 saturated carbocycles. The number of aromatic nitrogens is 4. The maximum Gasteiger partial charge on any atom is 0.324 e. The van der Waals surface area contributed by atoms with Crippen molar-refractivity contribution in [2.75, 3.05) is 24.2 Å². The van der Waals surface area contributed by atoms with E-state index >= 15 is 0 Å². The van der Waals surface area contributed by atoms with Crippen LogP contribution >= 0.6 is 11.8 Å². The van der Waals surface area contributed by atoms with Crippen molar-refractivity contribution in [3.05, 3.63) is 35.7 Å². The molecule has 0 aliphatic carbocycles. The standard InChI is InChI=1S/C21H26FN5O3S/c1-12(2)18-24-21(30-25-18)27-9-7-15(8-10-27)28-13(3)20-23-19(26-29-20)14-5-6-17(31-4)16(22)11-14/h5-6,11-13,15H,7-10H2,1-4H3/t13-/m1/s1. The van der Waals surface area contributed by atoms with Crippen molar-refractivity contribution in [2.45, 2.75) is 56.6 Å². The quantitative estimate of drug-likeness (QED) is 0.471. The fourth-order valence-corrected chi connectivity index (χ4v) is 3.90. The molecule has 31 heavy (non-hydrogen) atoms. The average molecular weight is 448 g/mol. The molecule has 1 atom stereocenters. The van der Waals surface area contributed by atoms with E-state index in [9.17, 15) is 4.39 Å². The van der Waals surface area contributed by atoms with Crippen LogP contribution in [0.2, 0.25) is 0 Å². The summed E-state index contributed by atoms with van der Waals surface area (Å²) in [5.41, 5.74) is 0.575. The summed E-state index contributed by atoms with van der Waals surface area (Å²) in [4.78, 5) is 11.5. The summed E-state index contributed by atoms with van der Waals surface area (Å²) in [6.45, 7) is 7.50. The predicted octanol–water partition coefficient (Wildman–Crippen LogP) is 4.85. The number of anilines is 1. The molecule has 1 fully saturated rings. The van der Waals surface area contributed by atoms with E-state index in [1.165, 1.54) is 17.8 Å². The minimum atomic E-state index is -0.357. The second-order valence-corrected chi connectivity index (χ2v) is 8.71. The van der Waals surface area contributed by atoms with Crippen LogP contribution in [0.1, 0.15) is 57.3 Å². The molecule has 0 amide bonds. The third kappa shape index (κ3) is 4.90. The van der Waals surface area contributed by atoms with Crippen LogP contribution in [-0.4, -0.2) is 45.7 Å². The monoisotopic (exact) mass is 447 g/mol. The summed E-state index contributed by atoms with van der Waals surface area (Å²) < 4.78 is 31.0. The van der Waals surface area contributed by atoms with Gasteiger partial charge in [0.05, 0.1) is 6.10 Å². The molecule has 0 radical (unpaired) electrons. The number of ether oxygens (including phenoxy) is 1. The number of hydrogen-bond donors (Lipinski definition) is 0. The average Bonchev–Trinajstić information content (AvgIpc) is 3.45. The Labute approximate surface area is 184 Å². The smallest absolute Gasteiger partial charge is 0.324 e. The maximum absolute atomic E-state index is 14.1. The summed E-state index contributed by atoms with van der Waals surface area (Å²) in [6, 6.07) is 5.49. The van der Waals surface area contributed by atoms with Gasteiger partial charge in [-0.1, -0.05) is 24.2 Å². The summed E-state index contributed by atoms with van der Waals surface area (Å²) >= 11 is 1.35.